The number of nitrogens with two attached hydrogens (primary N) is 1. The lowest BCUT2D eigenvalue weighted by Gasteiger charge is -2.14. The number of nitrogens with zero attached hydrogens (tertiary/aromatic N) is 1. The quantitative estimate of drug-likeness (QED) is 0.903. The molecule has 0 radical (unpaired) electrons. The molecule has 2 aromatic rings. The first-order valence-electron chi connectivity index (χ1n) is 5.74. The summed E-state index contributed by atoms with van der Waals surface area (Å²) in [7, 11) is 0. The molecule has 0 spiro atoms. The van der Waals surface area contributed by atoms with Crippen molar-refractivity contribution in [1.29, 1.82) is 0 Å². The van der Waals surface area contributed by atoms with Crippen LogP contribution in [0.15, 0.2) is 36.7 Å². The first kappa shape index (κ1) is 13.5. The van der Waals surface area contributed by atoms with E-state index in [9.17, 15) is 13.2 Å². The number of aromatic nitrogens is 1. The Bertz CT molecular complexity index is 591. The zero-order chi connectivity index (χ0) is 14.0. The summed E-state index contributed by atoms with van der Waals surface area (Å²) < 4.78 is 39.0. The summed E-state index contributed by atoms with van der Waals surface area (Å²) in [5.41, 5.74) is 7.00. The fourth-order valence-corrected chi connectivity index (χ4v) is 1.94. The predicted octanol–water partition coefficient (Wildman–Crippen LogP) is 3.53. The van der Waals surface area contributed by atoms with E-state index in [-0.39, 0.29) is 12.1 Å². The fourth-order valence-electron chi connectivity index (χ4n) is 1.94. The van der Waals surface area contributed by atoms with E-state index in [4.69, 9.17) is 5.73 Å². The van der Waals surface area contributed by atoms with E-state index in [1.54, 1.807) is 19.1 Å². The van der Waals surface area contributed by atoms with Crippen molar-refractivity contribution in [1.82, 2.24) is 4.98 Å². The van der Waals surface area contributed by atoms with Crippen LogP contribution in [0.25, 0.3) is 11.1 Å². The van der Waals surface area contributed by atoms with Gasteiger partial charge in [-0.2, -0.15) is 13.2 Å². The first-order valence-corrected chi connectivity index (χ1v) is 5.74. The summed E-state index contributed by atoms with van der Waals surface area (Å²) in [4.78, 5) is 3.80. The van der Waals surface area contributed by atoms with Crippen LogP contribution in [0.1, 0.15) is 16.7 Å². The molecule has 100 valence electrons. The Labute approximate surface area is 109 Å². The van der Waals surface area contributed by atoms with Crippen LogP contribution in [0.5, 0.6) is 0 Å². The Kier molecular flexibility index (Phi) is 3.57. The number of hydrogen-bond acceptors (Lipinski definition) is 2. The minimum atomic E-state index is -4.40. The smallest absolute Gasteiger partial charge is 0.326 e. The Morgan fingerprint density at radius 3 is 2.53 bits per heavy atom. The molecule has 2 rings (SSSR count). The summed E-state index contributed by atoms with van der Waals surface area (Å²) in [6.45, 7) is 2.05. The molecule has 0 unspecified atom stereocenters. The van der Waals surface area contributed by atoms with Gasteiger partial charge in [0.15, 0.2) is 0 Å². The molecule has 1 heterocycles. The van der Waals surface area contributed by atoms with E-state index < -0.39 is 11.7 Å². The second-order valence-electron chi connectivity index (χ2n) is 4.27. The summed E-state index contributed by atoms with van der Waals surface area (Å²) in [6.07, 6.45) is -2.01. The van der Waals surface area contributed by atoms with Crippen molar-refractivity contribution >= 4 is 0 Å². The molecule has 1 aromatic carbocycles. The Hall–Kier alpha value is -1.88. The van der Waals surface area contributed by atoms with E-state index in [0.29, 0.717) is 5.56 Å². The number of aryl methyl sites for hydroxylation is 1. The highest BCUT2D eigenvalue weighted by Crippen LogP contribution is 2.37. The van der Waals surface area contributed by atoms with Gasteiger partial charge in [0.25, 0.3) is 0 Å². The SMILES string of the molecule is Cc1ccc(CN)cc1-c1cnccc1C(F)(F)F. The van der Waals surface area contributed by atoms with Crippen LogP contribution in [-0.2, 0) is 12.7 Å². The normalized spacial score (nSPS) is 11.6. The van der Waals surface area contributed by atoms with Crippen molar-refractivity contribution in [3.05, 3.63) is 53.3 Å². The summed E-state index contributed by atoms with van der Waals surface area (Å²) >= 11 is 0. The average Bonchev–Trinajstić information content (AvgIpc) is 2.38. The molecule has 2 nitrogen and oxygen atoms in total. The maximum Gasteiger partial charge on any atom is 0.417 e. The molecule has 0 saturated heterocycles. The van der Waals surface area contributed by atoms with Gasteiger partial charge in [-0.3, -0.25) is 4.98 Å². The molecular formula is C14H13F3N2. The van der Waals surface area contributed by atoms with Gasteiger partial charge in [0.05, 0.1) is 5.56 Å². The summed E-state index contributed by atoms with van der Waals surface area (Å²) in [5.74, 6) is 0. The Balaban J connectivity index is 2.65. The number of rotatable bonds is 2. The van der Waals surface area contributed by atoms with Gasteiger partial charge in [-0.25, -0.2) is 0 Å². The summed E-state index contributed by atoms with van der Waals surface area (Å²) in [6, 6.07) is 6.25. The third kappa shape index (κ3) is 2.76. The molecule has 5 heteroatoms. The van der Waals surface area contributed by atoms with Crippen molar-refractivity contribution in [3.8, 4) is 11.1 Å². The maximum atomic E-state index is 13.0. The second-order valence-corrected chi connectivity index (χ2v) is 4.27. The van der Waals surface area contributed by atoms with Crippen molar-refractivity contribution < 1.29 is 13.2 Å². The summed E-state index contributed by atoms with van der Waals surface area (Å²) in [5, 5.41) is 0. The van der Waals surface area contributed by atoms with E-state index >= 15 is 0 Å². The minimum absolute atomic E-state index is 0.0859. The topological polar surface area (TPSA) is 38.9 Å². The van der Waals surface area contributed by atoms with Crippen LogP contribution in [0.4, 0.5) is 13.2 Å². The van der Waals surface area contributed by atoms with E-state index in [0.717, 1.165) is 23.4 Å². The Morgan fingerprint density at radius 2 is 1.89 bits per heavy atom. The predicted molar refractivity (Wildman–Crippen MR) is 67.3 cm³/mol. The molecule has 2 N–H and O–H groups in total. The third-order valence-electron chi connectivity index (χ3n) is 2.95. The van der Waals surface area contributed by atoms with Crippen LogP contribution >= 0.6 is 0 Å². The third-order valence-corrected chi connectivity index (χ3v) is 2.95. The largest absolute Gasteiger partial charge is 0.417 e. The van der Waals surface area contributed by atoms with Gasteiger partial charge in [0.2, 0.25) is 0 Å². The van der Waals surface area contributed by atoms with Crippen molar-refractivity contribution in [2.45, 2.75) is 19.6 Å². The van der Waals surface area contributed by atoms with E-state index in [2.05, 4.69) is 4.98 Å². The maximum absolute atomic E-state index is 13.0. The standard InChI is InChI=1S/C14H13F3N2/c1-9-2-3-10(7-18)6-11(9)12-8-19-5-4-13(12)14(15,16)17/h2-6,8H,7,18H2,1H3. The fraction of sp³-hybridized carbons (Fsp3) is 0.214. The molecule has 0 saturated carbocycles. The lowest BCUT2D eigenvalue weighted by Crippen LogP contribution is -2.08. The molecule has 0 fully saturated rings. The average molecular weight is 266 g/mol. The zero-order valence-corrected chi connectivity index (χ0v) is 10.3. The van der Waals surface area contributed by atoms with Gasteiger partial charge in [0, 0.05) is 24.5 Å². The van der Waals surface area contributed by atoms with Crippen LogP contribution in [0.3, 0.4) is 0 Å². The highest BCUT2D eigenvalue weighted by Gasteiger charge is 2.33. The van der Waals surface area contributed by atoms with Crippen LogP contribution in [0, 0.1) is 6.92 Å². The van der Waals surface area contributed by atoms with Gasteiger partial charge < -0.3 is 5.73 Å². The van der Waals surface area contributed by atoms with Crippen molar-refractivity contribution in [3.63, 3.8) is 0 Å². The van der Waals surface area contributed by atoms with Gasteiger partial charge in [-0.05, 0) is 35.7 Å². The minimum Gasteiger partial charge on any atom is -0.326 e. The highest BCUT2D eigenvalue weighted by atomic mass is 19.4. The number of hydrogen-bond donors (Lipinski definition) is 1. The van der Waals surface area contributed by atoms with Crippen LogP contribution in [-0.4, -0.2) is 4.98 Å². The molecule has 0 atom stereocenters. The Morgan fingerprint density at radius 1 is 1.16 bits per heavy atom. The molecule has 0 aliphatic carbocycles. The van der Waals surface area contributed by atoms with E-state index in [1.165, 1.54) is 6.20 Å². The van der Waals surface area contributed by atoms with Crippen LogP contribution in [0.2, 0.25) is 0 Å². The number of pyridine rings is 1. The molecule has 1 aromatic heterocycles. The number of alkyl halides is 3. The monoisotopic (exact) mass is 266 g/mol. The molecule has 0 amide bonds. The highest BCUT2D eigenvalue weighted by molar-refractivity contribution is 5.71. The first-order chi connectivity index (χ1) is 8.93. The van der Waals surface area contributed by atoms with Gasteiger partial charge in [-0.15, -0.1) is 0 Å². The van der Waals surface area contributed by atoms with Crippen molar-refractivity contribution in [2.75, 3.05) is 0 Å². The molecule has 19 heavy (non-hydrogen) atoms. The van der Waals surface area contributed by atoms with Crippen molar-refractivity contribution in [2.24, 2.45) is 5.73 Å². The number of benzene rings is 1. The lowest BCUT2D eigenvalue weighted by atomic mass is 9.95. The van der Waals surface area contributed by atoms with Crippen LogP contribution < -0.4 is 5.73 Å². The molecular weight excluding hydrogens is 253 g/mol. The zero-order valence-electron chi connectivity index (χ0n) is 10.3. The molecule has 0 aliphatic rings. The van der Waals surface area contributed by atoms with Gasteiger partial charge >= 0.3 is 6.18 Å². The molecule has 0 bridgehead atoms. The van der Waals surface area contributed by atoms with Gasteiger partial charge in [-0.1, -0.05) is 12.1 Å². The molecule has 0 aliphatic heterocycles. The number of halogens is 3. The lowest BCUT2D eigenvalue weighted by molar-refractivity contribution is -0.137. The van der Waals surface area contributed by atoms with Gasteiger partial charge in [0.1, 0.15) is 0 Å². The van der Waals surface area contributed by atoms with E-state index in [1.807, 2.05) is 6.07 Å². The second kappa shape index (κ2) is 5.01.